The van der Waals surface area contributed by atoms with Crippen LogP contribution >= 0.6 is 0 Å². The molecule has 0 bridgehead atoms. The first-order valence-electron chi connectivity index (χ1n) is 7.45. The van der Waals surface area contributed by atoms with E-state index in [2.05, 4.69) is 11.4 Å². The van der Waals surface area contributed by atoms with E-state index in [9.17, 15) is 10.1 Å². The molecule has 114 valence electrons. The van der Waals surface area contributed by atoms with E-state index >= 15 is 0 Å². The molecule has 0 saturated carbocycles. The third-order valence-electron chi connectivity index (χ3n) is 4.06. The number of para-hydroxylation sites is 2. The Morgan fingerprint density at radius 2 is 1.83 bits per heavy atom. The van der Waals surface area contributed by atoms with E-state index < -0.39 is 0 Å². The predicted molar refractivity (Wildman–Crippen MR) is 91.2 cm³/mol. The van der Waals surface area contributed by atoms with E-state index in [4.69, 9.17) is 0 Å². The van der Waals surface area contributed by atoms with Crippen LogP contribution in [-0.4, -0.2) is 10.5 Å². The summed E-state index contributed by atoms with van der Waals surface area (Å²) in [5, 5.41) is 13.2. The fourth-order valence-electron chi connectivity index (χ4n) is 2.82. The molecule has 0 radical (unpaired) electrons. The summed E-state index contributed by atoms with van der Waals surface area (Å²) in [4.78, 5) is 12.4. The van der Waals surface area contributed by atoms with Gasteiger partial charge in [0.1, 0.15) is 12.6 Å². The lowest BCUT2D eigenvalue weighted by Gasteiger charge is -2.11. The summed E-state index contributed by atoms with van der Waals surface area (Å²) in [7, 11) is 0. The SMILES string of the molecule is Cc1ccccc1NC(=O)Cn1c(C)c(C#N)c2ccccc21. The van der Waals surface area contributed by atoms with Crippen LogP contribution in [-0.2, 0) is 11.3 Å². The summed E-state index contributed by atoms with van der Waals surface area (Å²) in [5.74, 6) is -0.104. The van der Waals surface area contributed by atoms with Crippen molar-refractivity contribution >= 4 is 22.5 Å². The zero-order chi connectivity index (χ0) is 16.4. The van der Waals surface area contributed by atoms with Crippen molar-refractivity contribution in [2.24, 2.45) is 0 Å². The van der Waals surface area contributed by atoms with Gasteiger partial charge in [-0.3, -0.25) is 4.79 Å². The molecule has 3 rings (SSSR count). The molecule has 3 aromatic rings. The Kier molecular flexibility index (Phi) is 3.86. The average molecular weight is 303 g/mol. The maximum atomic E-state index is 12.4. The van der Waals surface area contributed by atoms with Gasteiger partial charge in [0.25, 0.3) is 0 Å². The van der Waals surface area contributed by atoms with Crippen molar-refractivity contribution in [1.82, 2.24) is 4.57 Å². The van der Waals surface area contributed by atoms with Gasteiger partial charge in [0, 0.05) is 16.8 Å². The molecular formula is C19H17N3O. The second kappa shape index (κ2) is 5.98. The quantitative estimate of drug-likeness (QED) is 0.800. The number of aryl methyl sites for hydroxylation is 1. The minimum absolute atomic E-state index is 0.104. The normalized spacial score (nSPS) is 10.5. The van der Waals surface area contributed by atoms with Gasteiger partial charge in [0.2, 0.25) is 5.91 Å². The summed E-state index contributed by atoms with van der Waals surface area (Å²) in [6.07, 6.45) is 0. The zero-order valence-electron chi connectivity index (χ0n) is 13.1. The second-order valence-corrected chi connectivity index (χ2v) is 5.54. The minimum Gasteiger partial charge on any atom is -0.334 e. The van der Waals surface area contributed by atoms with Crippen molar-refractivity contribution < 1.29 is 4.79 Å². The number of amides is 1. The monoisotopic (exact) mass is 303 g/mol. The molecule has 2 aromatic carbocycles. The maximum absolute atomic E-state index is 12.4. The van der Waals surface area contributed by atoms with Crippen LogP contribution in [0.25, 0.3) is 10.9 Å². The summed E-state index contributed by atoms with van der Waals surface area (Å²) in [5.41, 5.74) is 4.18. The van der Waals surface area contributed by atoms with Crippen molar-refractivity contribution in [2.75, 3.05) is 5.32 Å². The number of aromatic nitrogens is 1. The lowest BCUT2D eigenvalue weighted by molar-refractivity contribution is -0.116. The molecule has 1 N–H and O–H groups in total. The molecule has 23 heavy (non-hydrogen) atoms. The van der Waals surface area contributed by atoms with E-state index in [0.717, 1.165) is 27.8 Å². The molecule has 4 nitrogen and oxygen atoms in total. The first-order chi connectivity index (χ1) is 11.1. The molecule has 0 unspecified atom stereocenters. The highest BCUT2D eigenvalue weighted by Gasteiger charge is 2.15. The summed E-state index contributed by atoms with van der Waals surface area (Å²) in [6.45, 7) is 4.02. The maximum Gasteiger partial charge on any atom is 0.244 e. The Morgan fingerprint density at radius 3 is 2.57 bits per heavy atom. The summed E-state index contributed by atoms with van der Waals surface area (Å²) >= 11 is 0. The predicted octanol–water partition coefficient (Wildman–Crippen LogP) is 3.77. The van der Waals surface area contributed by atoms with E-state index in [0.29, 0.717) is 5.56 Å². The average Bonchev–Trinajstić information content (AvgIpc) is 2.81. The molecule has 4 heteroatoms. The molecule has 0 aliphatic carbocycles. The molecule has 0 atom stereocenters. The summed E-state index contributed by atoms with van der Waals surface area (Å²) < 4.78 is 1.89. The van der Waals surface area contributed by atoms with Gasteiger partial charge in [-0.25, -0.2) is 0 Å². The number of anilines is 1. The van der Waals surface area contributed by atoms with Gasteiger partial charge in [-0.15, -0.1) is 0 Å². The van der Waals surface area contributed by atoms with Gasteiger partial charge in [0.15, 0.2) is 0 Å². The summed E-state index contributed by atoms with van der Waals surface area (Å²) in [6, 6.07) is 17.6. The molecule has 1 heterocycles. The van der Waals surface area contributed by atoms with E-state index in [1.807, 2.05) is 66.9 Å². The Labute approximate surface area is 135 Å². The smallest absolute Gasteiger partial charge is 0.244 e. The van der Waals surface area contributed by atoms with Crippen LogP contribution in [0, 0.1) is 25.2 Å². The third kappa shape index (κ3) is 2.69. The Morgan fingerprint density at radius 1 is 1.13 bits per heavy atom. The van der Waals surface area contributed by atoms with Crippen LogP contribution in [0.3, 0.4) is 0 Å². The molecule has 0 saturated heterocycles. The number of carbonyl (C=O) groups is 1. The van der Waals surface area contributed by atoms with Gasteiger partial charge >= 0.3 is 0 Å². The molecule has 0 aliphatic rings. The molecule has 1 amide bonds. The lowest BCUT2D eigenvalue weighted by Crippen LogP contribution is -2.19. The van der Waals surface area contributed by atoms with Gasteiger partial charge in [-0.1, -0.05) is 36.4 Å². The number of nitrogens with one attached hydrogen (secondary N) is 1. The molecule has 0 spiro atoms. The fraction of sp³-hybridized carbons (Fsp3) is 0.158. The van der Waals surface area contributed by atoms with Crippen molar-refractivity contribution in [3.63, 3.8) is 0 Å². The van der Waals surface area contributed by atoms with Crippen molar-refractivity contribution in [1.29, 1.82) is 5.26 Å². The number of benzene rings is 2. The topological polar surface area (TPSA) is 57.8 Å². The second-order valence-electron chi connectivity index (χ2n) is 5.54. The zero-order valence-corrected chi connectivity index (χ0v) is 13.1. The number of nitriles is 1. The van der Waals surface area contributed by atoms with Gasteiger partial charge in [0.05, 0.1) is 11.1 Å². The van der Waals surface area contributed by atoms with Crippen LogP contribution in [0.5, 0.6) is 0 Å². The lowest BCUT2D eigenvalue weighted by atomic mass is 10.1. The van der Waals surface area contributed by atoms with Crippen molar-refractivity contribution in [3.8, 4) is 6.07 Å². The Bertz CT molecular complexity index is 931. The molecule has 0 aliphatic heterocycles. The highest BCUT2D eigenvalue weighted by Crippen LogP contribution is 2.25. The first kappa shape index (κ1) is 14.9. The van der Waals surface area contributed by atoms with Crippen LogP contribution in [0.4, 0.5) is 5.69 Å². The van der Waals surface area contributed by atoms with Crippen LogP contribution < -0.4 is 5.32 Å². The highest BCUT2D eigenvalue weighted by atomic mass is 16.1. The Hall–Kier alpha value is -3.06. The Balaban J connectivity index is 1.93. The highest BCUT2D eigenvalue weighted by molar-refractivity contribution is 5.94. The number of nitrogens with zero attached hydrogens (tertiary/aromatic N) is 2. The standard InChI is InChI=1S/C19H17N3O/c1-13-7-3-5-9-17(13)21-19(23)12-22-14(2)16(11-20)15-8-4-6-10-18(15)22/h3-10H,12H2,1-2H3,(H,21,23). The van der Waals surface area contributed by atoms with Crippen molar-refractivity contribution in [2.45, 2.75) is 20.4 Å². The van der Waals surface area contributed by atoms with Gasteiger partial charge in [-0.05, 0) is 31.5 Å². The number of hydrogen-bond donors (Lipinski definition) is 1. The third-order valence-corrected chi connectivity index (χ3v) is 4.06. The van der Waals surface area contributed by atoms with E-state index in [-0.39, 0.29) is 12.5 Å². The number of fused-ring (bicyclic) bond motifs is 1. The van der Waals surface area contributed by atoms with Gasteiger partial charge < -0.3 is 9.88 Å². The number of rotatable bonds is 3. The molecular weight excluding hydrogens is 286 g/mol. The van der Waals surface area contributed by atoms with Crippen LogP contribution in [0.2, 0.25) is 0 Å². The molecule has 0 fully saturated rings. The number of carbonyl (C=O) groups excluding carboxylic acids is 1. The van der Waals surface area contributed by atoms with E-state index in [1.54, 1.807) is 0 Å². The first-order valence-corrected chi connectivity index (χ1v) is 7.45. The largest absolute Gasteiger partial charge is 0.334 e. The van der Waals surface area contributed by atoms with Crippen molar-refractivity contribution in [3.05, 3.63) is 65.4 Å². The fourth-order valence-corrected chi connectivity index (χ4v) is 2.82. The van der Waals surface area contributed by atoms with Crippen LogP contribution in [0.15, 0.2) is 48.5 Å². The van der Waals surface area contributed by atoms with E-state index in [1.165, 1.54) is 0 Å². The van der Waals surface area contributed by atoms with Gasteiger partial charge in [-0.2, -0.15) is 5.26 Å². The molecule has 1 aromatic heterocycles. The van der Waals surface area contributed by atoms with Crippen LogP contribution in [0.1, 0.15) is 16.8 Å². The number of hydrogen-bond acceptors (Lipinski definition) is 2. The minimum atomic E-state index is -0.104.